The number of nitrogens with one attached hydrogen (secondary N) is 1. The topological polar surface area (TPSA) is 75.4 Å². The van der Waals surface area contributed by atoms with E-state index in [1.54, 1.807) is 0 Å². The second-order valence-corrected chi connectivity index (χ2v) is 4.31. The highest BCUT2D eigenvalue weighted by Gasteiger charge is 2.25. The molecule has 1 amide bonds. The summed E-state index contributed by atoms with van der Waals surface area (Å²) >= 11 is 0. The maximum atomic E-state index is 11.6. The first kappa shape index (κ1) is 14.4. The summed E-state index contributed by atoms with van der Waals surface area (Å²) in [6.07, 6.45) is 3.38. The Labute approximate surface area is 92.2 Å². The minimum absolute atomic E-state index is 0.0598. The molecule has 1 unspecified atom stereocenters. The zero-order chi connectivity index (χ0) is 11.9. The second-order valence-electron chi connectivity index (χ2n) is 4.31. The number of nitrogens with two attached hydrogens (primary N) is 1. The zero-order valence-electron chi connectivity index (χ0n) is 10.0. The number of aliphatic hydroxyl groups is 1. The smallest absolute Gasteiger partial charge is 0.237 e. The van der Waals surface area contributed by atoms with Gasteiger partial charge in [0.05, 0.1) is 18.2 Å². The molecule has 0 saturated heterocycles. The fraction of sp³-hybridized carbons (Fsp3) is 0.909. The predicted octanol–water partition coefficient (Wildman–Crippen LogP) is 0.781. The first-order chi connectivity index (χ1) is 6.99. The van der Waals surface area contributed by atoms with Crippen molar-refractivity contribution in [2.24, 2.45) is 5.73 Å². The third-order valence-corrected chi connectivity index (χ3v) is 2.76. The lowest BCUT2D eigenvalue weighted by atomic mass is 9.99. The summed E-state index contributed by atoms with van der Waals surface area (Å²) in [4.78, 5) is 11.6. The fourth-order valence-corrected chi connectivity index (χ4v) is 1.18. The van der Waals surface area contributed by atoms with Gasteiger partial charge in [-0.1, -0.05) is 26.7 Å². The standard InChI is InChI=1S/C11H24N2O2/c1-4-6-7-9(12)10(15)13-11(3,5-2)8-14/h9,14H,4-8,12H2,1-3H3,(H,13,15)/t9-,11?/m0/s1. The van der Waals surface area contributed by atoms with Crippen LogP contribution < -0.4 is 11.1 Å². The second kappa shape index (κ2) is 6.80. The molecule has 0 fully saturated rings. The Morgan fingerprint density at radius 2 is 2.13 bits per heavy atom. The Morgan fingerprint density at radius 1 is 1.53 bits per heavy atom. The van der Waals surface area contributed by atoms with Crippen LogP contribution >= 0.6 is 0 Å². The summed E-state index contributed by atoms with van der Waals surface area (Å²) in [6, 6.07) is -0.456. The molecule has 90 valence electrons. The van der Waals surface area contributed by atoms with Crippen LogP contribution in [0.2, 0.25) is 0 Å². The SMILES string of the molecule is CCCC[C@H](N)C(=O)NC(C)(CC)CO. The summed E-state index contributed by atoms with van der Waals surface area (Å²) < 4.78 is 0. The van der Waals surface area contributed by atoms with Crippen LogP contribution in [0.4, 0.5) is 0 Å². The quantitative estimate of drug-likeness (QED) is 0.588. The van der Waals surface area contributed by atoms with Gasteiger partial charge >= 0.3 is 0 Å². The molecule has 0 aliphatic rings. The van der Waals surface area contributed by atoms with Crippen molar-refractivity contribution in [2.75, 3.05) is 6.61 Å². The van der Waals surface area contributed by atoms with Crippen molar-refractivity contribution in [3.05, 3.63) is 0 Å². The Kier molecular flexibility index (Phi) is 6.52. The number of carbonyl (C=O) groups excluding carboxylic acids is 1. The minimum Gasteiger partial charge on any atom is -0.394 e. The number of amides is 1. The van der Waals surface area contributed by atoms with Crippen molar-refractivity contribution < 1.29 is 9.90 Å². The first-order valence-electron chi connectivity index (χ1n) is 5.67. The third-order valence-electron chi connectivity index (χ3n) is 2.76. The van der Waals surface area contributed by atoms with Gasteiger partial charge in [-0.2, -0.15) is 0 Å². The summed E-state index contributed by atoms with van der Waals surface area (Å²) in [6.45, 7) is 5.75. The molecule has 0 aliphatic heterocycles. The molecule has 4 heteroatoms. The fourth-order valence-electron chi connectivity index (χ4n) is 1.18. The van der Waals surface area contributed by atoms with Crippen molar-refractivity contribution >= 4 is 5.91 Å². The summed E-state index contributed by atoms with van der Waals surface area (Å²) in [5.74, 6) is -0.165. The molecule has 0 aromatic carbocycles. The van der Waals surface area contributed by atoms with Gasteiger partial charge in [-0.05, 0) is 19.8 Å². The average molecular weight is 216 g/mol. The minimum atomic E-state index is -0.541. The molecule has 15 heavy (non-hydrogen) atoms. The van der Waals surface area contributed by atoms with E-state index < -0.39 is 11.6 Å². The lowest BCUT2D eigenvalue weighted by Crippen LogP contribution is -2.53. The van der Waals surface area contributed by atoms with Crippen molar-refractivity contribution in [3.8, 4) is 0 Å². The van der Waals surface area contributed by atoms with E-state index in [1.807, 2.05) is 13.8 Å². The van der Waals surface area contributed by atoms with Crippen LogP contribution in [0.3, 0.4) is 0 Å². The van der Waals surface area contributed by atoms with Crippen molar-refractivity contribution in [1.29, 1.82) is 0 Å². The van der Waals surface area contributed by atoms with Gasteiger partial charge in [-0.3, -0.25) is 4.79 Å². The molecule has 0 rings (SSSR count). The molecule has 2 atom stereocenters. The van der Waals surface area contributed by atoms with Gasteiger partial charge in [0.15, 0.2) is 0 Å². The van der Waals surface area contributed by atoms with E-state index in [0.717, 1.165) is 12.8 Å². The Morgan fingerprint density at radius 3 is 2.53 bits per heavy atom. The molecule has 0 bridgehead atoms. The number of unbranched alkanes of at least 4 members (excludes halogenated alkanes) is 1. The van der Waals surface area contributed by atoms with Crippen LogP contribution in [0.15, 0.2) is 0 Å². The van der Waals surface area contributed by atoms with Crippen LogP contribution in [0, 0.1) is 0 Å². The molecular formula is C11H24N2O2. The highest BCUT2D eigenvalue weighted by molar-refractivity contribution is 5.82. The molecule has 0 aromatic heterocycles. The Balaban J connectivity index is 4.10. The predicted molar refractivity (Wildman–Crippen MR) is 61.4 cm³/mol. The van der Waals surface area contributed by atoms with Crippen molar-refractivity contribution in [2.45, 2.75) is 58.0 Å². The first-order valence-corrected chi connectivity index (χ1v) is 5.67. The maximum absolute atomic E-state index is 11.6. The van der Waals surface area contributed by atoms with Gasteiger partial charge in [0.25, 0.3) is 0 Å². The third kappa shape index (κ3) is 5.14. The summed E-state index contributed by atoms with van der Waals surface area (Å²) in [5, 5.41) is 11.9. The van der Waals surface area contributed by atoms with Gasteiger partial charge < -0.3 is 16.2 Å². The normalized spacial score (nSPS) is 16.9. The molecule has 0 saturated carbocycles. The van der Waals surface area contributed by atoms with E-state index in [4.69, 9.17) is 10.8 Å². The van der Waals surface area contributed by atoms with Gasteiger partial charge in [0.1, 0.15) is 0 Å². The summed E-state index contributed by atoms with van der Waals surface area (Å²) in [7, 11) is 0. The Hall–Kier alpha value is -0.610. The van der Waals surface area contributed by atoms with Gasteiger partial charge in [0, 0.05) is 0 Å². The van der Waals surface area contributed by atoms with E-state index in [9.17, 15) is 4.79 Å². The molecular weight excluding hydrogens is 192 g/mol. The van der Waals surface area contributed by atoms with E-state index in [2.05, 4.69) is 12.2 Å². The van der Waals surface area contributed by atoms with E-state index in [1.165, 1.54) is 0 Å². The van der Waals surface area contributed by atoms with Crippen LogP contribution in [0.1, 0.15) is 46.5 Å². The van der Waals surface area contributed by atoms with Gasteiger partial charge in [-0.15, -0.1) is 0 Å². The average Bonchev–Trinajstić information content (AvgIpc) is 2.25. The van der Waals surface area contributed by atoms with E-state index in [-0.39, 0.29) is 12.5 Å². The monoisotopic (exact) mass is 216 g/mol. The molecule has 0 radical (unpaired) electrons. The molecule has 4 nitrogen and oxygen atoms in total. The van der Waals surface area contributed by atoms with Crippen molar-refractivity contribution in [1.82, 2.24) is 5.32 Å². The lowest BCUT2D eigenvalue weighted by molar-refractivity contribution is -0.124. The lowest BCUT2D eigenvalue weighted by Gasteiger charge is -2.28. The molecule has 0 aromatic rings. The molecule has 0 heterocycles. The van der Waals surface area contributed by atoms with Crippen molar-refractivity contribution in [3.63, 3.8) is 0 Å². The number of hydrogen-bond acceptors (Lipinski definition) is 3. The van der Waals surface area contributed by atoms with E-state index >= 15 is 0 Å². The van der Waals surface area contributed by atoms with Crippen LogP contribution in [-0.4, -0.2) is 29.2 Å². The largest absolute Gasteiger partial charge is 0.394 e. The number of hydrogen-bond donors (Lipinski definition) is 3. The van der Waals surface area contributed by atoms with Crippen LogP contribution in [-0.2, 0) is 4.79 Å². The van der Waals surface area contributed by atoms with Gasteiger partial charge in [-0.25, -0.2) is 0 Å². The number of aliphatic hydroxyl groups excluding tert-OH is 1. The zero-order valence-corrected chi connectivity index (χ0v) is 10.0. The maximum Gasteiger partial charge on any atom is 0.237 e. The highest BCUT2D eigenvalue weighted by Crippen LogP contribution is 2.08. The van der Waals surface area contributed by atoms with E-state index in [0.29, 0.717) is 12.8 Å². The Bertz CT molecular complexity index is 191. The molecule has 0 spiro atoms. The number of rotatable bonds is 7. The highest BCUT2D eigenvalue weighted by atomic mass is 16.3. The summed E-state index contributed by atoms with van der Waals surface area (Å²) in [5.41, 5.74) is 5.19. The van der Waals surface area contributed by atoms with Crippen LogP contribution in [0.25, 0.3) is 0 Å². The number of carbonyl (C=O) groups is 1. The molecule has 0 aliphatic carbocycles. The molecule has 4 N–H and O–H groups in total. The van der Waals surface area contributed by atoms with Crippen LogP contribution in [0.5, 0.6) is 0 Å². The van der Waals surface area contributed by atoms with Gasteiger partial charge in [0.2, 0.25) is 5.91 Å².